The molecule has 1 fully saturated rings. The Kier molecular flexibility index (Phi) is 6.37. The van der Waals surface area contributed by atoms with E-state index in [0.29, 0.717) is 11.5 Å². The highest BCUT2D eigenvalue weighted by Gasteiger charge is 2.28. The van der Waals surface area contributed by atoms with E-state index in [1.54, 1.807) is 18.2 Å². The van der Waals surface area contributed by atoms with Crippen LogP contribution in [0, 0.1) is 10.1 Å². The van der Waals surface area contributed by atoms with E-state index in [4.69, 9.17) is 0 Å². The highest BCUT2D eigenvalue weighted by atomic mass is 16.6. The van der Waals surface area contributed by atoms with Crippen molar-refractivity contribution in [2.45, 2.75) is 57.5 Å². The summed E-state index contributed by atoms with van der Waals surface area (Å²) in [7, 11) is 0. The molecule has 0 aliphatic carbocycles. The Balaban J connectivity index is 1.34. The summed E-state index contributed by atoms with van der Waals surface area (Å²) in [6.45, 7) is 3.10. The minimum atomic E-state index is -0.418. The summed E-state index contributed by atoms with van der Waals surface area (Å²) in [5.41, 5.74) is 0.543. The molecule has 0 radical (unpaired) electrons. The van der Waals surface area contributed by atoms with Gasteiger partial charge < -0.3 is 9.88 Å². The molecule has 1 aromatic heterocycles. The van der Waals surface area contributed by atoms with Crippen LogP contribution in [-0.4, -0.2) is 50.1 Å². The number of para-hydroxylation sites is 1. The second kappa shape index (κ2) is 9.34. The maximum absolute atomic E-state index is 12.5. The van der Waals surface area contributed by atoms with Crippen LogP contribution in [0.1, 0.15) is 55.2 Å². The quantitative estimate of drug-likeness (QED) is 0.577. The predicted molar refractivity (Wildman–Crippen MR) is 111 cm³/mol. The molecule has 2 aliphatic heterocycles. The standard InChI is InChI=1S/C21H28N6O3/c28-20(22-13-16-7-3-4-9-18(16)27(29)30)15-25-11-6-8-17(14-25)21-24-23-19-10-2-1-5-12-26(19)21/h3-4,7,9,17H,1-2,5-6,8,10-15H2,(H,22,28). The molecule has 160 valence electrons. The van der Waals surface area contributed by atoms with Crippen molar-refractivity contribution in [2.24, 2.45) is 0 Å². The zero-order chi connectivity index (χ0) is 20.9. The van der Waals surface area contributed by atoms with Gasteiger partial charge in [-0.25, -0.2) is 0 Å². The van der Waals surface area contributed by atoms with Gasteiger partial charge in [-0.05, 0) is 32.2 Å². The Bertz CT molecular complexity index is 912. The Morgan fingerprint density at radius 2 is 2.03 bits per heavy atom. The van der Waals surface area contributed by atoms with Crippen molar-refractivity contribution in [2.75, 3.05) is 19.6 Å². The topological polar surface area (TPSA) is 106 Å². The van der Waals surface area contributed by atoms with Crippen LogP contribution < -0.4 is 5.32 Å². The first-order chi connectivity index (χ1) is 14.6. The number of carbonyl (C=O) groups excluding carboxylic acids is 1. The fourth-order valence-corrected chi connectivity index (χ4v) is 4.51. The summed E-state index contributed by atoms with van der Waals surface area (Å²) in [4.78, 5) is 25.3. The number of likely N-dealkylation sites (tertiary alicyclic amines) is 1. The minimum Gasteiger partial charge on any atom is -0.351 e. The maximum atomic E-state index is 12.5. The largest absolute Gasteiger partial charge is 0.351 e. The molecule has 9 nitrogen and oxygen atoms in total. The molecule has 1 unspecified atom stereocenters. The van der Waals surface area contributed by atoms with Gasteiger partial charge in [0, 0.05) is 43.6 Å². The number of piperidine rings is 1. The summed E-state index contributed by atoms with van der Waals surface area (Å²) in [5, 5.41) is 22.9. The molecule has 4 rings (SSSR count). The normalized spacial score (nSPS) is 19.7. The molecule has 2 aromatic rings. The van der Waals surface area contributed by atoms with Gasteiger partial charge in [0.1, 0.15) is 11.6 Å². The molecule has 1 atom stereocenters. The van der Waals surface area contributed by atoms with Gasteiger partial charge in [-0.2, -0.15) is 0 Å². The van der Waals surface area contributed by atoms with Crippen molar-refractivity contribution in [1.29, 1.82) is 0 Å². The molecule has 0 bridgehead atoms. The van der Waals surface area contributed by atoms with Crippen LogP contribution in [0.3, 0.4) is 0 Å². The smallest absolute Gasteiger partial charge is 0.274 e. The SMILES string of the molecule is O=C(CN1CCCC(c2nnc3n2CCCCC3)C1)NCc1ccccc1[N+](=O)[O-]. The van der Waals surface area contributed by atoms with Gasteiger partial charge >= 0.3 is 0 Å². The number of nitro benzene ring substituents is 1. The van der Waals surface area contributed by atoms with E-state index in [0.717, 1.165) is 50.5 Å². The first kappa shape index (κ1) is 20.5. The Hall–Kier alpha value is -2.81. The third-order valence-corrected chi connectivity index (χ3v) is 6.04. The minimum absolute atomic E-state index is 0.0309. The van der Waals surface area contributed by atoms with Gasteiger partial charge in [0.2, 0.25) is 5.91 Å². The highest BCUT2D eigenvalue weighted by Crippen LogP contribution is 2.28. The van der Waals surface area contributed by atoms with Crippen LogP contribution in [-0.2, 0) is 24.3 Å². The molecular weight excluding hydrogens is 384 g/mol. The van der Waals surface area contributed by atoms with Gasteiger partial charge in [0.25, 0.3) is 5.69 Å². The first-order valence-electron chi connectivity index (χ1n) is 10.7. The Morgan fingerprint density at radius 1 is 1.17 bits per heavy atom. The van der Waals surface area contributed by atoms with E-state index in [-0.39, 0.29) is 24.7 Å². The van der Waals surface area contributed by atoms with Crippen LogP contribution in [0.15, 0.2) is 24.3 Å². The number of amides is 1. The molecule has 9 heteroatoms. The molecule has 3 heterocycles. The molecule has 30 heavy (non-hydrogen) atoms. The number of benzene rings is 1. The van der Waals surface area contributed by atoms with E-state index < -0.39 is 4.92 Å². The predicted octanol–water partition coefficient (Wildman–Crippen LogP) is 2.41. The van der Waals surface area contributed by atoms with Crippen LogP contribution in [0.25, 0.3) is 0 Å². The lowest BCUT2D eigenvalue weighted by molar-refractivity contribution is -0.385. The van der Waals surface area contributed by atoms with Gasteiger partial charge in [0.15, 0.2) is 0 Å². The van der Waals surface area contributed by atoms with Crippen molar-refractivity contribution in [3.8, 4) is 0 Å². The van der Waals surface area contributed by atoms with Crippen LogP contribution >= 0.6 is 0 Å². The van der Waals surface area contributed by atoms with Crippen molar-refractivity contribution < 1.29 is 9.72 Å². The number of hydrogen-bond donors (Lipinski definition) is 1. The molecule has 0 spiro atoms. The second-order valence-corrected chi connectivity index (χ2v) is 8.17. The number of rotatable bonds is 6. The molecule has 0 saturated carbocycles. The number of hydrogen-bond acceptors (Lipinski definition) is 6. The zero-order valence-corrected chi connectivity index (χ0v) is 17.1. The monoisotopic (exact) mass is 412 g/mol. The summed E-state index contributed by atoms with van der Waals surface area (Å²) < 4.78 is 2.30. The lowest BCUT2D eigenvalue weighted by Crippen LogP contribution is -2.42. The van der Waals surface area contributed by atoms with E-state index in [2.05, 4.69) is 25.0 Å². The fraction of sp³-hybridized carbons (Fsp3) is 0.571. The molecule has 1 amide bonds. The van der Waals surface area contributed by atoms with Crippen molar-refractivity contribution >= 4 is 11.6 Å². The fourth-order valence-electron chi connectivity index (χ4n) is 4.51. The van der Waals surface area contributed by atoms with Crippen LogP contribution in [0.5, 0.6) is 0 Å². The van der Waals surface area contributed by atoms with Crippen LogP contribution in [0.2, 0.25) is 0 Å². The van der Waals surface area contributed by atoms with Gasteiger partial charge in [0.05, 0.1) is 11.5 Å². The average molecular weight is 412 g/mol. The summed E-state index contributed by atoms with van der Waals surface area (Å²) in [5.74, 6) is 2.34. The second-order valence-electron chi connectivity index (χ2n) is 8.17. The number of aryl methyl sites for hydroxylation is 1. The molecule has 1 saturated heterocycles. The van der Waals surface area contributed by atoms with Crippen LogP contribution in [0.4, 0.5) is 5.69 Å². The lowest BCUT2D eigenvalue weighted by atomic mass is 9.97. The molecule has 2 aliphatic rings. The Morgan fingerprint density at radius 3 is 2.90 bits per heavy atom. The maximum Gasteiger partial charge on any atom is 0.274 e. The average Bonchev–Trinajstić information content (AvgIpc) is 3.01. The highest BCUT2D eigenvalue weighted by molar-refractivity contribution is 5.78. The molecule has 1 N–H and O–H groups in total. The zero-order valence-electron chi connectivity index (χ0n) is 17.1. The van der Waals surface area contributed by atoms with Crippen molar-refractivity contribution in [3.63, 3.8) is 0 Å². The van der Waals surface area contributed by atoms with E-state index in [9.17, 15) is 14.9 Å². The van der Waals surface area contributed by atoms with Gasteiger partial charge in [-0.15, -0.1) is 10.2 Å². The number of nitrogens with zero attached hydrogens (tertiary/aromatic N) is 5. The summed E-state index contributed by atoms with van der Waals surface area (Å²) in [6, 6.07) is 6.50. The van der Waals surface area contributed by atoms with E-state index >= 15 is 0 Å². The van der Waals surface area contributed by atoms with Crippen molar-refractivity contribution in [3.05, 3.63) is 51.6 Å². The lowest BCUT2D eigenvalue weighted by Gasteiger charge is -2.31. The summed E-state index contributed by atoms with van der Waals surface area (Å²) in [6.07, 6.45) is 6.66. The number of aromatic nitrogens is 3. The Labute approximate surface area is 175 Å². The number of fused-ring (bicyclic) bond motifs is 1. The molecule has 1 aromatic carbocycles. The molecular formula is C21H28N6O3. The first-order valence-corrected chi connectivity index (χ1v) is 10.7. The van der Waals surface area contributed by atoms with Gasteiger partial charge in [-0.3, -0.25) is 19.8 Å². The van der Waals surface area contributed by atoms with E-state index in [1.807, 2.05) is 0 Å². The third kappa shape index (κ3) is 4.67. The third-order valence-electron chi connectivity index (χ3n) is 6.04. The number of nitro groups is 1. The van der Waals surface area contributed by atoms with E-state index in [1.165, 1.54) is 25.3 Å². The number of carbonyl (C=O) groups is 1. The summed E-state index contributed by atoms with van der Waals surface area (Å²) >= 11 is 0. The van der Waals surface area contributed by atoms with Gasteiger partial charge in [-0.1, -0.05) is 24.6 Å². The van der Waals surface area contributed by atoms with Crippen molar-refractivity contribution in [1.82, 2.24) is 25.0 Å². The number of nitrogens with one attached hydrogen (secondary N) is 1.